The van der Waals surface area contributed by atoms with Gasteiger partial charge in [-0.2, -0.15) is 0 Å². The third kappa shape index (κ3) is 4.03. The molecule has 0 saturated carbocycles. The summed E-state index contributed by atoms with van der Waals surface area (Å²) in [6, 6.07) is 9.90. The molecule has 138 valence electrons. The molecule has 27 heavy (non-hydrogen) atoms. The van der Waals surface area contributed by atoms with Gasteiger partial charge in [-0.05, 0) is 29.3 Å². The molecule has 1 amide bonds. The molecule has 1 aromatic carbocycles. The number of rotatable bonds is 5. The van der Waals surface area contributed by atoms with Crippen molar-refractivity contribution in [3.8, 4) is 0 Å². The molecule has 0 bridgehead atoms. The molecule has 3 aromatic rings. The Morgan fingerprint density at radius 1 is 1.15 bits per heavy atom. The molecule has 0 aliphatic carbocycles. The largest absolute Gasteiger partial charge is 0.350 e. The fourth-order valence-corrected chi connectivity index (χ4v) is 3.35. The lowest BCUT2D eigenvalue weighted by Crippen LogP contribution is -2.44. The van der Waals surface area contributed by atoms with Crippen molar-refractivity contribution in [1.29, 1.82) is 0 Å². The highest BCUT2D eigenvalue weighted by Gasteiger charge is 2.30. The minimum Gasteiger partial charge on any atom is -0.350 e. The topological polar surface area (TPSA) is 63.1 Å². The first-order valence-corrected chi connectivity index (χ1v) is 8.83. The van der Waals surface area contributed by atoms with E-state index in [0.29, 0.717) is 26.2 Å². The second-order valence-corrected chi connectivity index (χ2v) is 6.68. The SMILES string of the molecule is O=C(NCc1cccnc1)C1CN(Cc2ccc(F)cc2)Cc2cncn21. The van der Waals surface area contributed by atoms with Crippen molar-refractivity contribution in [1.82, 2.24) is 24.8 Å². The summed E-state index contributed by atoms with van der Waals surface area (Å²) in [6.07, 6.45) is 6.94. The average molecular weight is 365 g/mol. The molecule has 6 nitrogen and oxygen atoms in total. The number of carbonyl (C=O) groups excluding carboxylic acids is 1. The summed E-state index contributed by atoms with van der Waals surface area (Å²) in [7, 11) is 0. The Labute approximate surface area is 156 Å². The van der Waals surface area contributed by atoms with Crippen molar-refractivity contribution < 1.29 is 9.18 Å². The zero-order valence-electron chi connectivity index (χ0n) is 14.8. The first-order valence-electron chi connectivity index (χ1n) is 8.83. The Bertz CT molecular complexity index is 910. The van der Waals surface area contributed by atoms with Gasteiger partial charge in [0.15, 0.2) is 0 Å². The monoisotopic (exact) mass is 365 g/mol. The fourth-order valence-electron chi connectivity index (χ4n) is 3.35. The van der Waals surface area contributed by atoms with Crippen LogP contribution in [0.15, 0.2) is 61.3 Å². The molecular weight excluding hydrogens is 345 g/mol. The van der Waals surface area contributed by atoms with E-state index in [1.165, 1.54) is 12.1 Å². The number of amides is 1. The third-order valence-electron chi connectivity index (χ3n) is 4.71. The number of nitrogens with zero attached hydrogens (tertiary/aromatic N) is 4. The molecule has 3 heterocycles. The lowest BCUT2D eigenvalue weighted by Gasteiger charge is -2.33. The van der Waals surface area contributed by atoms with Crippen LogP contribution in [0.3, 0.4) is 0 Å². The molecule has 1 aliphatic heterocycles. The van der Waals surface area contributed by atoms with Gasteiger partial charge in [-0.3, -0.25) is 14.7 Å². The molecule has 7 heteroatoms. The highest BCUT2D eigenvalue weighted by atomic mass is 19.1. The molecule has 4 rings (SSSR count). The molecule has 1 atom stereocenters. The predicted molar refractivity (Wildman–Crippen MR) is 97.9 cm³/mol. The van der Waals surface area contributed by atoms with Crippen molar-refractivity contribution in [2.24, 2.45) is 0 Å². The van der Waals surface area contributed by atoms with Crippen LogP contribution in [0.5, 0.6) is 0 Å². The first-order chi connectivity index (χ1) is 13.2. The summed E-state index contributed by atoms with van der Waals surface area (Å²) in [5.74, 6) is -0.301. The van der Waals surface area contributed by atoms with E-state index in [1.807, 2.05) is 16.7 Å². The van der Waals surface area contributed by atoms with Gasteiger partial charge in [0.2, 0.25) is 5.91 Å². The van der Waals surface area contributed by atoms with Gasteiger partial charge in [0.25, 0.3) is 0 Å². The summed E-state index contributed by atoms with van der Waals surface area (Å²) in [4.78, 5) is 23.3. The summed E-state index contributed by atoms with van der Waals surface area (Å²) < 4.78 is 15.1. The van der Waals surface area contributed by atoms with E-state index in [4.69, 9.17) is 0 Å². The molecule has 0 spiro atoms. The van der Waals surface area contributed by atoms with E-state index < -0.39 is 0 Å². The molecule has 0 fully saturated rings. The summed E-state index contributed by atoms with van der Waals surface area (Å²) in [5.41, 5.74) is 2.96. The number of nitrogens with one attached hydrogen (secondary N) is 1. The van der Waals surface area contributed by atoms with Crippen LogP contribution < -0.4 is 5.32 Å². The lowest BCUT2D eigenvalue weighted by atomic mass is 10.1. The molecule has 0 saturated heterocycles. The zero-order valence-corrected chi connectivity index (χ0v) is 14.8. The van der Waals surface area contributed by atoms with Crippen LogP contribution in [-0.2, 0) is 24.4 Å². The van der Waals surface area contributed by atoms with E-state index in [1.54, 1.807) is 37.1 Å². The summed E-state index contributed by atoms with van der Waals surface area (Å²) >= 11 is 0. The lowest BCUT2D eigenvalue weighted by molar-refractivity contribution is -0.125. The fraction of sp³-hybridized carbons (Fsp3) is 0.250. The number of carbonyl (C=O) groups is 1. The maximum Gasteiger partial charge on any atom is 0.244 e. The number of pyridine rings is 1. The summed E-state index contributed by atoms with van der Waals surface area (Å²) in [6.45, 7) is 2.35. The van der Waals surface area contributed by atoms with E-state index in [9.17, 15) is 9.18 Å². The maximum atomic E-state index is 13.1. The van der Waals surface area contributed by atoms with Crippen LogP contribution in [0.25, 0.3) is 0 Å². The van der Waals surface area contributed by atoms with Gasteiger partial charge in [0, 0.05) is 44.8 Å². The van der Waals surface area contributed by atoms with Crippen LogP contribution in [0.4, 0.5) is 4.39 Å². The highest BCUT2D eigenvalue weighted by molar-refractivity contribution is 5.80. The molecule has 1 unspecified atom stereocenters. The molecule has 1 aliphatic rings. The Morgan fingerprint density at radius 2 is 2.00 bits per heavy atom. The minimum absolute atomic E-state index is 0.0538. The maximum absolute atomic E-state index is 13.1. The predicted octanol–water partition coefficient (Wildman–Crippen LogP) is 2.29. The van der Waals surface area contributed by atoms with Gasteiger partial charge < -0.3 is 9.88 Å². The Hall–Kier alpha value is -3.06. The van der Waals surface area contributed by atoms with Gasteiger partial charge in [-0.1, -0.05) is 18.2 Å². The number of aromatic nitrogens is 3. The molecular formula is C20H20FN5O. The van der Waals surface area contributed by atoms with Crippen LogP contribution in [-0.4, -0.2) is 31.9 Å². The number of hydrogen-bond acceptors (Lipinski definition) is 4. The van der Waals surface area contributed by atoms with Crippen molar-refractivity contribution >= 4 is 5.91 Å². The number of fused-ring (bicyclic) bond motifs is 1. The van der Waals surface area contributed by atoms with E-state index in [0.717, 1.165) is 16.8 Å². The molecule has 1 N–H and O–H groups in total. The van der Waals surface area contributed by atoms with E-state index in [-0.39, 0.29) is 17.8 Å². The van der Waals surface area contributed by atoms with Crippen molar-refractivity contribution in [3.05, 3.63) is 84.0 Å². The normalized spacial score (nSPS) is 16.7. The number of imidazole rings is 1. The second-order valence-electron chi connectivity index (χ2n) is 6.68. The zero-order chi connectivity index (χ0) is 18.6. The third-order valence-corrected chi connectivity index (χ3v) is 4.71. The Balaban J connectivity index is 1.46. The summed E-state index contributed by atoms with van der Waals surface area (Å²) in [5, 5.41) is 2.99. The smallest absolute Gasteiger partial charge is 0.244 e. The van der Waals surface area contributed by atoms with Crippen LogP contribution in [0.2, 0.25) is 0 Å². The Morgan fingerprint density at radius 3 is 2.78 bits per heavy atom. The van der Waals surface area contributed by atoms with E-state index in [2.05, 4.69) is 20.2 Å². The molecule has 2 aromatic heterocycles. The number of benzene rings is 1. The Kier molecular flexibility index (Phi) is 4.93. The number of halogens is 1. The van der Waals surface area contributed by atoms with Crippen molar-refractivity contribution in [2.45, 2.75) is 25.7 Å². The second kappa shape index (κ2) is 7.67. The standard InChI is InChI=1S/C20H20FN5O/c21-17-5-3-15(4-6-17)11-25-12-18-10-23-14-26(18)19(13-25)20(27)24-9-16-2-1-7-22-8-16/h1-8,10,14,19H,9,11-13H2,(H,24,27). The van der Waals surface area contributed by atoms with Gasteiger partial charge in [-0.25, -0.2) is 9.37 Å². The van der Waals surface area contributed by atoms with Crippen LogP contribution >= 0.6 is 0 Å². The van der Waals surface area contributed by atoms with Crippen LogP contribution in [0, 0.1) is 5.82 Å². The van der Waals surface area contributed by atoms with Gasteiger partial charge in [0.05, 0.1) is 12.0 Å². The van der Waals surface area contributed by atoms with Crippen LogP contribution in [0.1, 0.15) is 22.9 Å². The number of hydrogen-bond donors (Lipinski definition) is 1. The first kappa shape index (κ1) is 17.4. The van der Waals surface area contributed by atoms with Crippen molar-refractivity contribution in [3.63, 3.8) is 0 Å². The van der Waals surface area contributed by atoms with Crippen molar-refractivity contribution in [2.75, 3.05) is 6.54 Å². The van der Waals surface area contributed by atoms with Gasteiger partial charge >= 0.3 is 0 Å². The highest BCUT2D eigenvalue weighted by Crippen LogP contribution is 2.23. The molecule has 0 radical (unpaired) electrons. The van der Waals surface area contributed by atoms with Gasteiger partial charge in [0.1, 0.15) is 11.9 Å². The van der Waals surface area contributed by atoms with Gasteiger partial charge in [-0.15, -0.1) is 0 Å². The minimum atomic E-state index is -0.353. The quantitative estimate of drug-likeness (QED) is 0.754. The average Bonchev–Trinajstić information content (AvgIpc) is 3.16. The van der Waals surface area contributed by atoms with E-state index >= 15 is 0 Å².